The van der Waals surface area contributed by atoms with Gasteiger partial charge in [0, 0.05) is 5.56 Å². The van der Waals surface area contributed by atoms with Gasteiger partial charge in [-0.1, -0.05) is 18.2 Å². The van der Waals surface area contributed by atoms with Crippen molar-refractivity contribution in [2.75, 3.05) is 0 Å². The Morgan fingerprint density at radius 2 is 2.00 bits per heavy atom. The van der Waals surface area contributed by atoms with Crippen LogP contribution in [0.3, 0.4) is 0 Å². The van der Waals surface area contributed by atoms with Gasteiger partial charge in [0.2, 0.25) is 0 Å². The molecule has 17 heavy (non-hydrogen) atoms. The highest BCUT2D eigenvalue weighted by Gasteiger charge is 2.02. The van der Waals surface area contributed by atoms with E-state index in [9.17, 15) is 4.79 Å². The maximum absolute atomic E-state index is 11.9. The number of carbonyl (C=O) groups excluding carboxylic acids is 1. The molecule has 2 rings (SSSR count). The molecular weight excluding hydrogens is 228 g/mol. The highest BCUT2D eigenvalue weighted by molar-refractivity contribution is 7.08. The Hall–Kier alpha value is -1.67. The van der Waals surface area contributed by atoms with E-state index in [0.29, 0.717) is 0 Å². The second kappa shape index (κ2) is 5.11. The zero-order valence-corrected chi connectivity index (χ0v) is 10.8. The lowest BCUT2D eigenvalue weighted by atomic mass is 10.0. The van der Waals surface area contributed by atoms with Gasteiger partial charge < -0.3 is 0 Å². The normalized spacial score (nSPS) is 10.9. The molecule has 2 aromatic rings. The van der Waals surface area contributed by atoms with Crippen molar-refractivity contribution in [2.24, 2.45) is 0 Å². The number of allylic oxidation sites excluding steroid dienone is 1. The third kappa shape index (κ3) is 2.92. The molecule has 0 amide bonds. The predicted molar refractivity (Wildman–Crippen MR) is 73.6 cm³/mol. The van der Waals surface area contributed by atoms with E-state index in [2.05, 4.69) is 0 Å². The Kier molecular flexibility index (Phi) is 3.55. The van der Waals surface area contributed by atoms with Gasteiger partial charge in [0.05, 0.1) is 0 Å². The van der Waals surface area contributed by atoms with Crippen LogP contribution in [0, 0.1) is 13.8 Å². The molecule has 0 aliphatic carbocycles. The smallest absolute Gasteiger partial charge is 0.185 e. The number of thiophene rings is 1. The van der Waals surface area contributed by atoms with Gasteiger partial charge in [-0.05, 0) is 59.5 Å². The molecule has 0 aliphatic heterocycles. The molecule has 0 unspecified atom stereocenters. The largest absolute Gasteiger partial charge is 0.289 e. The van der Waals surface area contributed by atoms with Crippen LogP contribution in [0.25, 0.3) is 6.08 Å². The monoisotopic (exact) mass is 242 g/mol. The van der Waals surface area contributed by atoms with Crippen LogP contribution >= 0.6 is 11.3 Å². The fraction of sp³-hybridized carbons (Fsp3) is 0.133. The molecule has 1 heterocycles. The molecule has 0 aliphatic rings. The number of carbonyl (C=O) groups is 1. The summed E-state index contributed by atoms with van der Waals surface area (Å²) < 4.78 is 0. The van der Waals surface area contributed by atoms with E-state index in [1.165, 1.54) is 5.56 Å². The van der Waals surface area contributed by atoms with Gasteiger partial charge >= 0.3 is 0 Å². The maximum Gasteiger partial charge on any atom is 0.185 e. The summed E-state index contributed by atoms with van der Waals surface area (Å²) in [6.45, 7) is 4.07. The van der Waals surface area contributed by atoms with Crippen molar-refractivity contribution in [2.45, 2.75) is 13.8 Å². The summed E-state index contributed by atoms with van der Waals surface area (Å²) >= 11 is 1.63. The van der Waals surface area contributed by atoms with E-state index in [1.807, 2.05) is 54.9 Å². The van der Waals surface area contributed by atoms with Crippen LogP contribution in [0.2, 0.25) is 0 Å². The zero-order valence-electron chi connectivity index (χ0n) is 9.94. The summed E-state index contributed by atoms with van der Waals surface area (Å²) in [5, 5.41) is 4.02. The van der Waals surface area contributed by atoms with E-state index in [4.69, 9.17) is 0 Å². The van der Waals surface area contributed by atoms with E-state index < -0.39 is 0 Å². The standard InChI is InChI=1S/C15H14OS/c1-11-3-5-14(9-12(11)2)15(16)6-4-13-7-8-17-10-13/h3-10H,1-2H3. The number of hydrogen-bond acceptors (Lipinski definition) is 2. The molecule has 0 saturated heterocycles. The van der Waals surface area contributed by atoms with Gasteiger partial charge in [-0.15, -0.1) is 0 Å². The molecule has 0 fully saturated rings. The lowest BCUT2D eigenvalue weighted by molar-refractivity contribution is 0.104. The Morgan fingerprint density at radius 3 is 2.65 bits per heavy atom. The minimum absolute atomic E-state index is 0.0549. The Morgan fingerprint density at radius 1 is 1.18 bits per heavy atom. The van der Waals surface area contributed by atoms with Crippen molar-refractivity contribution in [3.63, 3.8) is 0 Å². The quantitative estimate of drug-likeness (QED) is 0.580. The summed E-state index contributed by atoms with van der Waals surface area (Å²) in [4.78, 5) is 11.9. The number of hydrogen-bond donors (Lipinski definition) is 0. The fourth-order valence-corrected chi connectivity index (χ4v) is 2.16. The van der Waals surface area contributed by atoms with Crippen molar-refractivity contribution in [1.29, 1.82) is 0 Å². The Balaban J connectivity index is 2.17. The molecule has 0 bridgehead atoms. The summed E-state index contributed by atoms with van der Waals surface area (Å²) in [5.41, 5.74) is 4.19. The SMILES string of the molecule is Cc1ccc(C(=O)C=Cc2ccsc2)cc1C. The Bertz CT molecular complexity index is 550. The molecule has 0 atom stereocenters. The fourth-order valence-electron chi connectivity index (χ4n) is 1.53. The van der Waals surface area contributed by atoms with Gasteiger partial charge in [0.25, 0.3) is 0 Å². The first-order valence-corrected chi connectivity index (χ1v) is 6.43. The lowest BCUT2D eigenvalue weighted by Gasteiger charge is -2.01. The van der Waals surface area contributed by atoms with E-state index in [0.717, 1.165) is 16.7 Å². The highest BCUT2D eigenvalue weighted by atomic mass is 32.1. The molecule has 86 valence electrons. The molecular formula is C15H14OS. The van der Waals surface area contributed by atoms with Crippen molar-refractivity contribution in [3.05, 3.63) is 63.4 Å². The van der Waals surface area contributed by atoms with Crippen LogP contribution in [0.15, 0.2) is 41.1 Å². The second-order valence-electron chi connectivity index (χ2n) is 4.05. The third-order valence-corrected chi connectivity index (χ3v) is 3.46. The molecule has 2 heteroatoms. The van der Waals surface area contributed by atoms with Crippen molar-refractivity contribution >= 4 is 23.2 Å². The maximum atomic E-state index is 11.9. The number of aryl methyl sites for hydroxylation is 2. The average molecular weight is 242 g/mol. The molecule has 0 radical (unpaired) electrons. The Labute approximate surface area is 105 Å². The van der Waals surface area contributed by atoms with Crippen LogP contribution in [0.4, 0.5) is 0 Å². The summed E-state index contributed by atoms with van der Waals surface area (Å²) in [7, 11) is 0. The van der Waals surface area contributed by atoms with Crippen molar-refractivity contribution in [3.8, 4) is 0 Å². The van der Waals surface area contributed by atoms with Crippen LogP contribution in [-0.2, 0) is 0 Å². The van der Waals surface area contributed by atoms with Gasteiger partial charge in [-0.2, -0.15) is 11.3 Å². The predicted octanol–water partition coefficient (Wildman–Crippen LogP) is 4.26. The van der Waals surface area contributed by atoms with Crippen LogP contribution in [-0.4, -0.2) is 5.78 Å². The van der Waals surface area contributed by atoms with Crippen LogP contribution < -0.4 is 0 Å². The highest BCUT2D eigenvalue weighted by Crippen LogP contribution is 2.12. The summed E-state index contributed by atoms with van der Waals surface area (Å²) in [5.74, 6) is 0.0549. The third-order valence-electron chi connectivity index (χ3n) is 2.76. The molecule has 0 saturated carbocycles. The van der Waals surface area contributed by atoms with Crippen molar-refractivity contribution in [1.82, 2.24) is 0 Å². The number of benzene rings is 1. The minimum Gasteiger partial charge on any atom is -0.289 e. The average Bonchev–Trinajstić information content (AvgIpc) is 2.82. The number of rotatable bonds is 3. The summed E-state index contributed by atoms with van der Waals surface area (Å²) in [6.07, 6.45) is 3.49. The van der Waals surface area contributed by atoms with Gasteiger partial charge in [0.15, 0.2) is 5.78 Å². The van der Waals surface area contributed by atoms with E-state index >= 15 is 0 Å². The zero-order chi connectivity index (χ0) is 12.3. The first-order chi connectivity index (χ1) is 8.16. The van der Waals surface area contributed by atoms with E-state index in [1.54, 1.807) is 17.4 Å². The van der Waals surface area contributed by atoms with Gasteiger partial charge in [-0.3, -0.25) is 4.79 Å². The lowest BCUT2D eigenvalue weighted by Crippen LogP contribution is -1.95. The molecule has 0 N–H and O–H groups in total. The van der Waals surface area contributed by atoms with Gasteiger partial charge in [0.1, 0.15) is 0 Å². The second-order valence-corrected chi connectivity index (χ2v) is 4.83. The first kappa shape index (κ1) is 11.8. The minimum atomic E-state index is 0.0549. The van der Waals surface area contributed by atoms with Gasteiger partial charge in [-0.25, -0.2) is 0 Å². The first-order valence-electron chi connectivity index (χ1n) is 5.48. The number of ketones is 1. The van der Waals surface area contributed by atoms with Crippen LogP contribution in [0.1, 0.15) is 27.0 Å². The van der Waals surface area contributed by atoms with E-state index in [-0.39, 0.29) is 5.78 Å². The molecule has 1 aromatic carbocycles. The topological polar surface area (TPSA) is 17.1 Å². The van der Waals surface area contributed by atoms with Crippen molar-refractivity contribution < 1.29 is 4.79 Å². The molecule has 1 nitrogen and oxygen atoms in total. The van der Waals surface area contributed by atoms with Crippen LogP contribution in [0.5, 0.6) is 0 Å². The molecule has 1 aromatic heterocycles. The summed E-state index contributed by atoms with van der Waals surface area (Å²) in [6, 6.07) is 7.80. The molecule has 0 spiro atoms.